The Morgan fingerprint density at radius 1 is 1.30 bits per heavy atom. The highest BCUT2D eigenvalue weighted by Gasteiger charge is 2.53. The highest BCUT2D eigenvalue weighted by Crippen LogP contribution is 2.51. The second-order valence-corrected chi connectivity index (χ2v) is 8.52. The van der Waals surface area contributed by atoms with Crippen molar-refractivity contribution < 1.29 is 18.0 Å². The molecule has 4 heterocycles. The molecule has 2 aromatic rings. The van der Waals surface area contributed by atoms with E-state index in [0.29, 0.717) is 47.6 Å². The normalized spacial score (nSPS) is 24.5. The summed E-state index contributed by atoms with van der Waals surface area (Å²) in [5, 5.41) is 11.6. The second kappa shape index (κ2) is 7.29. The number of alkyl halides is 3. The van der Waals surface area contributed by atoms with Crippen molar-refractivity contribution in [2.24, 2.45) is 17.3 Å². The Kier molecular flexibility index (Phi) is 4.73. The van der Waals surface area contributed by atoms with E-state index in [1.54, 1.807) is 23.4 Å². The minimum absolute atomic E-state index is 0.271. The number of carbonyl (C=O) groups excluding carboxylic acids is 1. The third kappa shape index (κ3) is 3.11. The number of hydrogen-bond acceptors (Lipinski definition) is 5. The Balaban J connectivity index is 1.71. The van der Waals surface area contributed by atoms with Crippen LogP contribution in [0.15, 0.2) is 63.7 Å². The molecule has 1 amide bonds. The summed E-state index contributed by atoms with van der Waals surface area (Å²) < 4.78 is 42.6. The Hall–Kier alpha value is -3.43. The maximum Gasteiger partial charge on any atom is 0.416 e. The van der Waals surface area contributed by atoms with Crippen LogP contribution in [0.5, 0.6) is 0 Å². The Labute approximate surface area is 188 Å². The molecule has 172 valence electrons. The number of aromatic nitrogens is 2. The summed E-state index contributed by atoms with van der Waals surface area (Å²) in [7, 11) is 1.85. The van der Waals surface area contributed by atoms with Crippen LogP contribution in [0.3, 0.4) is 0 Å². The van der Waals surface area contributed by atoms with Crippen LogP contribution in [0.2, 0.25) is 0 Å². The summed E-state index contributed by atoms with van der Waals surface area (Å²) >= 11 is 0. The Bertz CT molecular complexity index is 1220. The Morgan fingerprint density at radius 3 is 2.76 bits per heavy atom. The third-order valence-electron chi connectivity index (χ3n) is 6.84. The molecular weight excluding hydrogens is 433 g/mol. The van der Waals surface area contributed by atoms with Gasteiger partial charge in [-0.05, 0) is 25.0 Å². The van der Waals surface area contributed by atoms with E-state index in [9.17, 15) is 18.0 Å². The van der Waals surface area contributed by atoms with Gasteiger partial charge in [0.15, 0.2) is 12.0 Å². The van der Waals surface area contributed by atoms with Gasteiger partial charge in [0, 0.05) is 37.5 Å². The molecule has 2 atom stereocenters. The molecule has 5 rings (SSSR count). The van der Waals surface area contributed by atoms with Gasteiger partial charge >= 0.3 is 6.18 Å². The van der Waals surface area contributed by atoms with Gasteiger partial charge < -0.3 is 9.88 Å². The van der Waals surface area contributed by atoms with Crippen LogP contribution >= 0.6 is 0 Å². The first kappa shape index (κ1) is 21.4. The summed E-state index contributed by atoms with van der Waals surface area (Å²) in [5.41, 5.74) is 0.383. The number of halogens is 3. The van der Waals surface area contributed by atoms with Crippen molar-refractivity contribution in [2.75, 3.05) is 11.4 Å². The number of carbonyl (C=O) groups is 1. The number of benzene rings is 1. The fraction of sp³-hybridized carbons (Fsp3) is 0.391. The molecule has 1 aromatic carbocycles. The molecule has 3 aliphatic heterocycles. The smallest absolute Gasteiger partial charge is 0.362 e. The zero-order valence-corrected chi connectivity index (χ0v) is 18.4. The summed E-state index contributed by atoms with van der Waals surface area (Å²) in [5.74, 6) is 1.01. The van der Waals surface area contributed by atoms with Crippen LogP contribution in [0.25, 0.3) is 0 Å². The molecule has 0 fully saturated rings. The number of nitrogens with one attached hydrogen (secondary N) is 1. The lowest BCUT2D eigenvalue weighted by molar-refractivity contribution is -0.137. The number of fused-ring (bicyclic) bond motifs is 1. The number of hydrogen-bond donors (Lipinski definition) is 1. The topological polar surface area (TPSA) is 74.9 Å². The van der Waals surface area contributed by atoms with Crippen LogP contribution < -0.4 is 10.2 Å². The molecule has 0 bridgehead atoms. The van der Waals surface area contributed by atoms with Gasteiger partial charge in [-0.25, -0.2) is 4.98 Å². The molecule has 3 aliphatic rings. The molecule has 1 aromatic heterocycles. The van der Waals surface area contributed by atoms with E-state index < -0.39 is 23.3 Å². The minimum Gasteiger partial charge on any atom is -0.362 e. The molecule has 0 saturated carbocycles. The third-order valence-corrected chi connectivity index (χ3v) is 6.84. The first-order chi connectivity index (χ1) is 15.7. The highest BCUT2D eigenvalue weighted by atomic mass is 19.4. The fourth-order valence-corrected chi connectivity index (χ4v) is 5.10. The van der Waals surface area contributed by atoms with Crippen molar-refractivity contribution in [1.29, 1.82) is 0 Å². The van der Waals surface area contributed by atoms with Crippen molar-refractivity contribution in [2.45, 2.75) is 44.4 Å². The first-order valence-electron chi connectivity index (χ1n) is 10.8. The lowest BCUT2D eigenvalue weighted by atomic mass is 9.62. The summed E-state index contributed by atoms with van der Waals surface area (Å²) in [6.45, 7) is 4.14. The number of anilines is 1. The fourth-order valence-electron chi connectivity index (χ4n) is 5.10. The van der Waals surface area contributed by atoms with Crippen molar-refractivity contribution >= 4 is 11.7 Å². The van der Waals surface area contributed by atoms with Gasteiger partial charge in [-0.15, -0.1) is 0 Å². The molecule has 33 heavy (non-hydrogen) atoms. The van der Waals surface area contributed by atoms with Crippen molar-refractivity contribution in [1.82, 2.24) is 14.9 Å². The van der Waals surface area contributed by atoms with Crippen LogP contribution in [-0.2, 0) is 23.4 Å². The van der Waals surface area contributed by atoms with Crippen LogP contribution in [0, 0.1) is 6.92 Å². The summed E-state index contributed by atoms with van der Waals surface area (Å²) in [6.07, 6.45) is -0.756. The molecule has 0 spiro atoms. The number of amides is 1. The first-order valence-corrected chi connectivity index (χ1v) is 10.8. The average molecular weight is 456 g/mol. The predicted octanol–water partition coefficient (Wildman–Crippen LogP) is 4.37. The van der Waals surface area contributed by atoms with E-state index in [-0.39, 0.29) is 5.91 Å². The predicted molar refractivity (Wildman–Crippen MR) is 115 cm³/mol. The van der Waals surface area contributed by atoms with Gasteiger partial charge in [-0.1, -0.05) is 25.1 Å². The van der Waals surface area contributed by atoms with Crippen molar-refractivity contribution in [3.63, 3.8) is 0 Å². The van der Waals surface area contributed by atoms with E-state index >= 15 is 0 Å². The largest absolute Gasteiger partial charge is 0.416 e. The van der Waals surface area contributed by atoms with E-state index in [2.05, 4.69) is 20.5 Å². The van der Waals surface area contributed by atoms with Gasteiger partial charge in [-0.2, -0.15) is 23.4 Å². The van der Waals surface area contributed by atoms with Crippen LogP contribution in [0.4, 0.5) is 19.0 Å². The average Bonchev–Trinajstić information content (AvgIpc) is 3.38. The van der Waals surface area contributed by atoms with Crippen LogP contribution in [0.1, 0.15) is 36.7 Å². The second-order valence-electron chi connectivity index (χ2n) is 8.52. The maximum atomic E-state index is 14.0. The molecule has 0 aliphatic carbocycles. The molecule has 7 nitrogen and oxygen atoms in total. The number of azo groups is 1. The van der Waals surface area contributed by atoms with Crippen molar-refractivity contribution in [3.05, 3.63) is 70.5 Å². The van der Waals surface area contributed by atoms with Gasteiger partial charge in [-0.3, -0.25) is 9.69 Å². The zero-order valence-electron chi connectivity index (χ0n) is 18.4. The SMILES string of the molecule is CC[C@@]1(c2cccc(C(F)(F)F)c2)C2=CN=NC2NC2=C1C(=O)N(c1cn(C)c(C)n1)CC2. The number of rotatable bonds is 3. The molecular formula is C23H23F3N6O. The number of nitrogens with zero attached hydrogens (tertiary/aromatic N) is 5. The Morgan fingerprint density at radius 2 is 2.09 bits per heavy atom. The lowest BCUT2D eigenvalue weighted by Crippen LogP contribution is -2.54. The van der Waals surface area contributed by atoms with E-state index in [1.807, 2.05) is 25.5 Å². The maximum absolute atomic E-state index is 14.0. The summed E-state index contributed by atoms with van der Waals surface area (Å²) in [4.78, 5) is 20.1. The monoisotopic (exact) mass is 456 g/mol. The molecule has 10 heteroatoms. The van der Waals surface area contributed by atoms with Gasteiger partial charge in [0.25, 0.3) is 5.91 Å². The van der Waals surface area contributed by atoms with Crippen LogP contribution in [-0.4, -0.2) is 28.2 Å². The van der Waals surface area contributed by atoms with E-state index in [0.717, 1.165) is 18.0 Å². The van der Waals surface area contributed by atoms with Gasteiger partial charge in [0.2, 0.25) is 0 Å². The van der Waals surface area contributed by atoms with Gasteiger partial charge in [0.05, 0.1) is 22.8 Å². The number of aryl methyl sites for hydroxylation is 2. The lowest BCUT2D eigenvalue weighted by Gasteiger charge is -2.47. The molecule has 0 saturated heterocycles. The van der Waals surface area contributed by atoms with E-state index in [4.69, 9.17) is 0 Å². The molecule has 1 N–H and O–H groups in total. The number of imidazole rings is 1. The quantitative estimate of drug-likeness (QED) is 0.746. The molecule has 0 radical (unpaired) electrons. The molecule has 1 unspecified atom stereocenters. The standard InChI is InChI=1S/C23H23F3N6O/c1-4-22(14-6-5-7-15(10-14)23(24,25)26)16-11-27-30-20(16)29-17-8-9-32(21(33)19(17)22)18-12-31(3)13(2)28-18/h5-7,10-12,20,29H,4,8-9H2,1-3H3/t20?,22-/m1/s1. The highest BCUT2D eigenvalue weighted by molar-refractivity contribution is 6.09. The minimum atomic E-state index is -4.50. The summed E-state index contributed by atoms with van der Waals surface area (Å²) in [6, 6.07) is 5.24. The van der Waals surface area contributed by atoms with Gasteiger partial charge in [0.1, 0.15) is 5.82 Å². The zero-order chi connectivity index (χ0) is 23.5. The van der Waals surface area contributed by atoms with E-state index in [1.165, 1.54) is 6.07 Å². The van der Waals surface area contributed by atoms with Crippen molar-refractivity contribution in [3.8, 4) is 0 Å².